The maximum absolute atomic E-state index is 12.7. The molecule has 0 fully saturated rings. The fourth-order valence-electron chi connectivity index (χ4n) is 1.51. The lowest BCUT2D eigenvalue weighted by Crippen LogP contribution is -1.92. The maximum atomic E-state index is 12.7. The molecule has 2 aromatic rings. The summed E-state index contributed by atoms with van der Waals surface area (Å²) in [5.74, 6) is 1.39. The van der Waals surface area contributed by atoms with E-state index < -0.39 is 0 Å². The molecule has 0 amide bonds. The molecule has 2 rings (SSSR count). The van der Waals surface area contributed by atoms with Gasteiger partial charge in [0.1, 0.15) is 17.3 Å². The van der Waals surface area contributed by atoms with Crippen LogP contribution in [0.1, 0.15) is 5.56 Å². The van der Waals surface area contributed by atoms with E-state index in [4.69, 9.17) is 9.47 Å². The number of hydrogen-bond donors (Lipinski definition) is 0. The molecule has 1 aromatic carbocycles. The Morgan fingerprint density at radius 3 is 2.63 bits per heavy atom. The number of hydrogen-bond acceptors (Lipinski definition) is 4. The maximum Gasteiger partial charge on any atom is 0.151 e. The molecule has 0 unspecified atom stereocenters. The summed E-state index contributed by atoms with van der Waals surface area (Å²) in [5.41, 5.74) is 0.787. The van der Waals surface area contributed by atoms with Gasteiger partial charge in [0.05, 0.1) is 20.4 Å². The minimum absolute atomic E-state index is 0.388. The van der Waals surface area contributed by atoms with E-state index in [9.17, 15) is 4.39 Å². The van der Waals surface area contributed by atoms with Crippen LogP contribution in [-0.2, 0) is 0 Å². The lowest BCUT2D eigenvalue weighted by Gasteiger charge is -2.06. The van der Waals surface area contributed by atoms with Crippen LogP contribution in [0.15, 0.2) is 41.5 Å². The van der Waals surface area contributed by atoms with Gasteiger partial charge in [0.25, 0.3) is 0 Å². The Kier molecular flexibility index (Phi) is 4.07. The standard InChI is InChI=1S/C14H13FN2O2/c1-18-12-5-3-10(13(7-12)19-2)8-16-14-6-4-11(15)9-17-14/h3-9H,1-2H3/b16-8+. The number of halogens is 1. The molecular formula is C14H13FN2O2. The minimum atomic E-state index is -0.388. The number of ether oxygens (including phenoxy) is 2. The zero-order valence-electron chi connectivity index (χ0n) is 10.6. The molecule has 0 bridgehead atoms. The minimum Gasteiger partial charge on any atom is -0.497 e. The Hall–Kier alpha value is -2.43. The van der Waals surface area contributed by atoms with Crippen molar-refractivity contribution in [3.63, 3.8) is 0 Å². The lowest BCUT2D eigenvalue weighted by atomic mass is 10.2. The van der Waals surface area contributed by atoms with Gasteiger partial charge in [-0.3, -0.25) is 0 Å². The Bertz CT molecular complexity index is 582. The molecule has 0 atom stereocenters. The van der Waals surface area contributed by atoms with Crippen LogP contribution < -0.4 is 9.47 Å². The molecule has 98 valence electrons. The van der Waals surface area contributed by atoms with E-state index >= 15 is 0 Å². The van der Waals surface area contributed by atoms with Crippen LogP contribution in [0.3, 0.4) is 0 Å². The Labute approximate surface area is 110 Å². The summed E-state index contributed by atoms with van der Waals surface area (Å²) in [6, 6.07) is 8.21. The third kappa shape index (κ3) is 3.28. The molecule has 0 N–H and O–H groups in total. The smallest absolute Gasteiger partial charge is 0.151 e. The van der Waals surface area contributed by atoms with E-state index in [-0.39, 0.29) is 5.82 Å². The average Bonchev–Trinajstić information content (AvgIpc) is 2.46. The summed E-state index contributed by atoms with van der Waals surface area (Å²) in [5, 5.41) is 0. The SMILES string of the molecule is COc1ccc(/C=N/c2ccc(F)cn2)c(OC)c1. The van der Waals surface area contributed by atoms with Gasteiger partial charge >= 0.3 is 0 Å². The van der Waals surface area contributed by atoms with Crippen molar-refractivity contribution in [1.82, 2.24) is 4.98 Å². The van der Waals surface area contributed by atoms with Crippen molar-refractivity contribution >= 4 is 12.0 Å². The Morgan fingerprint density at radius 1 is 1.16 bits per heavy atom. The second-order valence-corrected chi connectivity index (χ2v) is 3.70. The van der Waals surface area contributed by atoms with Gasteiger partial charge in [-0.15, -0.1) is 0 Å². The number of methoxy groups -OCH3 is 2. The Balaban J connectivity index is 2.25. The highest BCUT2D eigenvalue weighted by molar-refractivity contribution is 5.85. The molecule has 0 radical (unpaired) electrons. The average molecular weight is 260 g/mol. The zero-order valence-corrected chi connectivity index (χ0v) is 10.6. The van der Waals surface area contributed by atoms with Crippen LogP contribution in [-0.4, -0.2) is 25.4 Å². The number of aliphatic imine (C=N–C) groups is 1. The third-order valence-corrected chi connectivity index (χ3v) is 2.49. The van der Waals surface area contributed by atoms with E-state index in [0.29, 0.717) is 17.3 Å². The summed E-state index contributed by atoms with van der Waals surface area (Å²) < 4.78 is 23.1. The van der Waals surface area contributed by atoms with E-state index in [1.165, 1.54) is 12.1 Å². The first-order valence-electron chi connectivity index (χ1n) is 5.60. The van der Waals surface area contributed by atoms with Gasteiger partial charge in [-0.2, -0.15) is 0 Å². The Morgan fingerprint density at radius 2 is 2.00 bits per heavy atom. The predicted molar refractivity (Wildman–Crippen MR) is 71.0 cm³/mol. The fourth-order valence-corrected chi connectivity index (χ4v) is 1.51. The fraction of sp³-hybridized carbons (Fsp3) is 0.143. The largest absolute Gasteiger partial charge is 0.497 e. The van der Waals surface area contributed by atoms with Crippen molar-refractivity contribution in [2.75, 3.05) is 14.2 Å². The zero-order chi connectivity index (χ0) is 13.7. The van der Waals surface area contributed by atoms with Crippen LogP contribution in [0.5, 0.6) is 11.5 Å². The number of benzene rings is 1. The summed E-state index contributed by atoms with van der Waals surface area (Å²) >= 11 is 0. The van der Waals surface area contributed by atoms with Crippen molar-refractivity contribution in [3.05, 3.63) is 47.9 Å². The molecule has 5 heteroatoms. The second-order valence-electron chi connectivity index (χ2n) is 3.70. The highest BCUT2D eigenvalue weighted by atomic mass is 19.1. The van der Waals surface area contributed by atoms with Crippen molar-refractivity contribution in [3.8, 4) is 11.5 Å². The van der Waals surface area contributed by atoms with Crippen molar-refractivity contribution in [1.29, 1.82) is 0 Å². The molecule has 19 heavy (non-hydrogen) atoms. The molecule has 4 nitrogen and oxygen atoms in total. The molecule has 0 saturated carbocycles. The highest BCUT2D eigenvalue weighted by Gasteiger charge is 2.02. The second kappa shape index (κ2) is 5.95. The molecule has 0 aliphatic rings. The van der Waals surface area contributed by atoms with Gasteiger partial charge in [0.2, 0.25) is 0 Å². The van der Waals surface area contributed by atoms with Gasteiger partial charge in [-0.05, 0) is 24.3 Å². The lowest BCUT2D eigenvalue weighted by molar-refractivity contribution is 0.394. The summed E-state index contributed by atoms with van der Waals surface area (Å²) in [7, 11) is 3.16. The first kappa shape index (κ1) is 13.0. The first-order chi connectivity index (χ1) is 9.22. The van der Waals surface area contributed by atoms with Gasteiger partial charge in [-0.1, -0.05) is 0 Å². The predicted octanol–water partition coefficient (Wildman–Crippen LogP) is 2.99. The van der Waals surface area contributed by atoms with Gasteiger partial charge in [0.15, 0.2) is 5.82 Å². The summed E-state index contributed by atoms with van der Waals surface area (Å²) in [6.07, 6.45) is 2.73. The van der Waals surface area contributed by atoms with Gasteiger partial charge in [0, 0.05) is 17.8 Å². The van der Waals surface area contributed by atoms with E-state index in [0.717, 1.165) is 11.8 Å². The summed E-state index contributed by atoms with van der Waals surface area (Å²) in [6.45, 7) is 0. The van der Waals surface area contributed by atoms with E-state index in [1.54, 1.807) is 26.5 Å². The van der Waals surface area contributed by atoms with Crippen molar-refractivity contribution in [2.24, 2.45) is 4.99 Å². The van der Waals surface area contributed by atoms with Gasteiger partial charge in [-0.25, -0.2) is 14.4 Å². The van der Waals surface area contributed by atoms with Crippen LogP contribution in [0.4, 0.5) is 10.2 Å². The van der Waals surface area contributed by atoms with E-state index in [1.807, 2.05) is 12.1 Å². The van der Waals surface area contributed by atoms with Crippen LogP contribution in [0.2, 0.25) is 0 Å². The normalized spacial score (nSPS) is 10.7. The molecule has 1 aromatic heterocycles. The van der Waals surface area contributed by atoms with Crippen LogP contribution >= 0.6 is 0 Å². The first-order valence-corrected chi connectivity index (χ1v) is 5.60. The molecule has 0 spiro atoms. The van der Waals surface area contributed by atoms with E-state index in [2.05, 4.69) is 9.98 Å². The van der Waals surface area contributed by atoms with Crippen LogP contribution in [0.25, 0.3) is 0 Å². The number of pyridine rings is 1. The monoisotopic (exact) mass is 260 g/mol. The van der Waals surface area contributed by atoms with Crippen LogP contribution in [0, 0.1) is 5.82 Å². The molecule has 1 heterocycles. The number of rotatable bonds is 4. The van der Waals surface area contributed by atoms with Crippen molar-refractivity contribution < 1.29 is 13.9 Å². The number of nitrogens with zero attached hydrogens (tertiary/aromatic N) is 2. The number of aromatic nitrogens is 1. The highest BCUT2D eigenvalue weighted by Crippen LogP contribution is 2.23. The molecular weight excluding hydrogens is 247 g/mol. The quantitative estimate of drug-likeness (QED) is 0.794. The molecule has 0 aliphatic carbocycles. The van der Waals surface area contributed by atoms with Gasteiger partial charge < -0.3 is 9.47 Å². The summed E-state index contributed by atoms with van der Waals surface area (Å²) in [4.78, 5) is 8.00. The third-order valence-electron chi connectivity index (χ3n) is 2.49. The topological polar surface area (TPSA) is 43.7 Å². The molecule has 0 aliphatic heterocycles. The molecule has 0 saturated heterocycles. The van der Waals surface area contributed by atoms with Crippen molar-refractivity contribution in [2.45, 2.75) is 0 Å².